The zero-order valence-corrected chi connectivity index (χ0v) is 10.9. The van der Waals surface area contributed by atoms with Crippen LogP contribution in [-0.2, 0) is 0 Å². The van der Waals surface area contributed by atoms with Crippen LogP contribution in [0, 0.1) is 16.0 Å². The molecule has 0 saturated heterocycles. The van der Waals surface area contributed by atoms with Crippen molar-refractivity contribution in [2.24, 2.45) is 5.92 Å². The predicted molar refractivity (Wildman–Crippen MR) is 74.6 cm³/mol. The van der Waals surface area contributed by atoms with Crippen LogP contribution in [-0.4, -0.2) is 32.6 Å². The Morgan fingerprint density at radius 1 is 1.50 bits per heavy atom. The quantitative estimate of drug-likeness (QED) is 0.585. The lowest BCUT2D eigenvalue weighted by Gasteiger charge is -2.09. The topological polar surface area (TPSA) is 104 Å². The van der Waals surface area contributed by atoms with E-state index in [9.17, 15) is 15.2 Å². The molecule has 0 spiro atoms. The number of H-pyrrole nitrogens is 1. The molecule has 1 heterocycles. The number of aliphatic hydroxyl groups excluding tert-OH is 1. The van der Waals surface area contributed by atoms with Crippen molar-refractivity contribution >= 4 is 22.7 Å². The maximum atomic E-state index is 10.7. The molecule has 0 radical (unpaired) electrons. The number of nitrogens with zero attached hydrogens (tertiary/aromatic N) is 2. The second-order valence-electron chi connectivity index (χ2n) is 5.26. The number of fused-ring (bicyclic) bond motifs is 1. The molecule has 2 aromatic rings. The first-order chi connectivity index (χ1) is 9.61. The van der Waals surface area contributed by atoms with Gasteiger partial charge in [0.05, 0.1) is 22.1 Å². The average molecular weight is 276 g/mol. The highest BCUT2D eigenvalue weighted by atomic mass is 16.6. The molecule has 3 N–H and O–H groups in total. The Hall–Kier alpha value is -2.15. The Morgan fingerprint density at radius 2 is 2.35 bits per heavy atom. The van der Waals surface area contributed by atoms with E-state index in [0.717, 1.165) is 25.8 Å². The third-order valence-corrected chi connectivity index (χ3v) is 3.75. The highest BCUT2D eigenvalue weighted by Crippen LogP contribution is 2.26. The van der Waals surface area contributed by atoms with Gasteiger partial charge in [-0.3, -0.25) is 10.1 Å². The van der Waals surface area contributed by atoms with Crippen LogP contribution in [0.3, 0.4) is 0 Å². The van der Waals surface area contributed by atoms with Gasteiger partial charge < -0.3 is 15.4 Å². The van der Waals surface area contributed by atoms with Gasteiger partial charge in [0.1, 0.15) is 0 Å². The fourth-order valence-corrected chi connectivity index (χ4v) is 2.67. The Kier molecular flexibility index (Phi) is 3.27. The van der Waals surface area contributed by atoms with Gasteiger partial charge in [0, 0.05) is 18.7 Å². The van der Waals surface area contributed by atoms with Crippen molar-refractivity contribution in [2.45, 2.75) is 25.4 Å². The lowest BCUT2D eigenvalue weighted by atomic mass is 10.1. The predicted octanol–water partition coefficient (Wildman–Crippen LogP) is 2.04. The number of aromatic nitrogens is 2. The van der Waals surface area contributed by atoms with Gasteiger partial charge in [0.2, 0.25) is 5.95 Å². The van der Waals surface area contributed by atoms with Crippen LogP contribution in [0.2, 0.25) is 0 Å². The zero-order chi connectivity index (χ0) is 14.1. The number of hydrogen-bond donors (Lipinski definition) is 3. The minimum absolute atomic E-state index is 0.0478. The number of aliphatic hydroxyl groups is 1. The molecular weight excluding hydrogens is 260 g/mol. The van der Waals surface area contributed by atoms with Crippen molar-refractivity contribution in [3.05, 3.63) is 28.3 Å². The maximum Gasteiger partial charge on any atom is 0.271 e. The summed E-state index contributed by atoms with van der Waals surface area (Å²) in [6.45, 7) is 0.749. The normalized spacial score (nSPS) is 22.2. The van der Waals surface area contributed by atoms with Crippen LogP contribution in [0.15, 0.2) is 18.2 Å². The van der Waals surface area contributed by atoms with Crippen molar-refractivity contribution < 1.29 is 10.0 Å². The third-order valence-electron chi connectivity index (χ3n) is 3.75. The van der Waals surface area contributed by atoms with E-state index in [1.54, 1.807) is 6.07 Å². The number of nitro benzene ring substituents is 1. The van der Waals surface area contributed by atoms with Gasteiger partial charge in [-0.15, -0.1) is 0 Å². The summed E-state index contributed by atoms with van der Waals surface area (Å²) in [7, 11) is 0. The van der Waals surface area contributed by atoms with E-state index in [-0.39, 0.29) is 11.8 Å². The van der Waals surface area contributed by atoms with Gasteiger partial charge in [-0.1, -0.05) is 0 Å². The van der Waals surface area contributed by atoms with Crippen LogP contribution in [0.4, 0.5) is 11.6 Å². The van der Waals surface area contributed by atoms with E-state index in [1.807, 2.05) is 0 Å². The molecule has 2 unspecified atom stereocenters. The van der Waals surface area contributed by atoms with Crippen molar-refractivity contribution in [2.75, 3.05) is 11.9 Å². The van der Waals surface area contributed by atoms with E-state index in [1.165, 1.54) is 12.1 Å². The molecule has 1 saturated carbocycles. The highest BCUT2D eigenvalue weighted by Gasteiger charge is 2.22. The highest BCUT2D eigenvalue weighted by molar-refractivity contribution is 5.79. The molecule has 2 atom stereocenters. The fraction of sp³-hybridized carbons (Fsp3) is 0.462. The molecule has 1 aromatic heterocycles. The van der Waals surface area contributed by atoms with E-state index in [4.69, 9.17) is 0 Å². The molecule has 3 rings (SSSR count). The largest absolute Gasteiger partial charge is 0.393 e. The first-order valence-electron chi connectivity index (χ1n) is 6.68. The summed E-state index contributed by atoms with van der Waals surface area (Å²) >= 11 is 0. The molecule has 0 amide bonds. The monoisotopic (exact) mass is 276 g/mol. The molecule has 1 aromatic carbocycles. The molecule has 1 fully saturated rings. The van der Waals surface area contributed by atoms with Gasteiger partial charge in [-0.05, 0) is 31.2 Å². The minimum Gasteiger partial charge on any atom is -0.393 e. The van der Waals surface area contributed by atoms with Gasteiger partial charge in [-0.25, -0.2) is 4.98 Å². The third kappa shape index (κ3) is 2.57. The lowest BCUT2D eigenvalue weighted by Crippen LogP contribution is -2.13. The summed E-state index contributed by atoms with van der Waals surface area (Å²) in [5.74, 6) is 1.06. The molecule has 106 valence electrons. The number of anilines is 1. The summed E-state index contributed by atoms with van der Waals surface area (Å²) in [6, 6.07) is 4.56. The number of hydrogen-bond acceptors (Lipinski definition) is 5. The molecule has 0 aliphatic heterocycles. The standard InChI is InChI=1S/C13H16N4O3/c18-10-3-1-8(5-10)7-14-13-15-11-4-2-9(17(19)20)6-12(11)16-13/h2,4,6,8,10,18H,1,3,5,7H2,(H2,14,15,16). The van der Waals surface area contributed by atoms with Crippen LogP contribution in [0.1, 0.15) is 19.3 Å². The minimum atomic E-state index is -0.423. The SMILES string of the molecule is O=[N+]([O-])c1ccc2nc(NCC3CCC(O)C3)[nH]c2c1. The van der Waals surface area contributed by atoms with Crippen LogP contribution >= 0.6 is 0 Å². The van der Waals surface area contributed by atoms with Gasteiger partial charge in [0.25, 0.3) is 5.69 Å². The smallest absolute Gasteiger partial charge is 0.271 e. The molecule has 7 nitrogen and oxygen atoms in total. The molecular formula is C13H16N4O3. The Labute approximate surface area is 115 Å². The summed E-state index contributed by atoms with van der Waals surface area (Å²) in [5, 5.41) is 23.4. The van der Waals surface area contributed by atoms with E-state index in [2.05, 4.69) is 15.3 Å². The number of imidazole rings is 1. The number of aromatic amines is 1. The lowest BCUT2D eigenvalue weighted by molar-refractivity contribution is -0.384. The molecule has 1 aliphatic rings. The van der Waals surface area contributed by atoms with Crippen molar-refractivity contribution in [3.63, 3.8) is 0 Å². The first-order valence-corrected chi connectivity index (χ1v) is 6.68. The molecule has 20 heavy (non-hydrogen) atoms. The van der Waals surface area contributed by atoms with Crippen molar-refractivity contribution in [1.29, 1.82) is 0 Å². The van der Waals surface area contributed by atoms with Gasteiger partial charge >= 0.3 is 0 Å². The van der Waals surface area contributed by atoms with Crippen molar-refractivity contribution in [1.82, 2.24) is 9.97 Å². The zero-order valence-electron chi connectivity index (χ0n) is 10.9. The molecule has 1 aliphatic carbocycles. The number of non-ortho nitro benzene ring substituents is 1. The summed E-state index contributed by atoms with van der Waals surface area (Å²) < 4.78 is 0. The Bertz CT molecular complexity index is 640. The first kappa shape index (κ1) is 12.9. The van der Waals surface area contributed by atoms with Gasteiger partial charge in [0.15, 0.2) is 0 Å². The van der Waals surface area contributed by atoms with E-state index in [0.29, 0.717) is 22.9 Å². The van der Waals surface area contributed by atoms with Crippen LogP contribution < -0.4 is 5.32 Å². The number of nitro groups is 1. The summed E-state index contributed by atoms with van der Waals surface area (Å²) in [4.78, 5) is 17.7. The Morgan fingerprint density at radius 3 is 3.05 bits per heavy atom. The van der Waals surface area contributed by atoms with Crippen LogP contribution in [0.5, 0.6) is 0 Å². The average Bonchev–Trinajstić information content (AvgIpc) is 3.00. The summed E-state index contributed by atoms with van der Waals surface area (Å²) in [5.41, 5.74) is 1.39. The van der Waals surface area contributed by atoms with E-state index < -0.39 is 4.92 Å². The Balaban J connectivity index is 1.71. The molecule has 7 heteroatoms. The number of rotatable bonds is 4. The number of nitrogens with one attached hydrogen (secondary N) is 2. The second-order valence-corrected chi connectivity index (χ2v) is 5.26. The van der Waals surface area contributed by atoms with E-state index >= 15 is 0 Å². The fourth-order valence-electron chi connectivity index (χ4n) is 2.67. The number of benzene rings is 1. The molecule has 0 bridgehead atoms. The van der Waals surface area contributed by atoms with Crippen LogP contribution in [0.25, 0.3) is 11.0 Å². The van der Waals surface area contributed by atoms with Crippen molar-refractivity contribution in [3.8, 4) is 0 Å². The van der Waals surface area contributed by atoms with Gasteiger partial charge in [-0.2, -0.15) is 0 Å². The summed E-state index contributed by atoms with van der Waals surface area (Å²) in [6.07, 6.45) is 2.51. The second kappa shape index (κ2) is 5.09. The maximum absolute atomic E-state index is 10.7.